The molecular formula is C35H34ClF8N5O5. The van der Waals surface area contributed by atoms with Crippen molar-refractivity contribution in [2.24, 2.45) is 0 Å². The van der Waals surface area contributed by atoms with Crippen molar-refractivity contribution in [3.63, 3.8) is 0 Å². The fourth-order valence-corrected chi connectivity index (χ4v) is 6.60. The van der Waals surface area contributed by atoms with Crippen molar-refractivity contribution in [3.05, 3.63) is 88.4 Å². The number of alkyl halides is 6. The number of carbonyl (C=O) groups is 2. The molecule has 0 unspecified atom stereocenters. The molecule has 3 aliphatic heterocycles. The first kappa shape index (κ1) is 40.7. The lowest BCUT2D eigenvalue weighted by Crippen LogP contribution is -2.60. The summed E-state index contributed by atoms with van der Waals surface area (Å²) in [5, 5.41) is 16.1. The molecule has 0 radical (unpaired) electrons. The number of aliphatic hydroxyl groups is 1. The summed E-state index contributed by atoms with van der Waals surface area (Å²) in [6.45, 7) is 4.13. The van der Waals surface area contributed by atoms with E-state index >= 15 is 8.78 Å². The number of hydrazine groups is 1. The Morgan fingerprint density at radius 1 is 1.00 bits per heavy atom. The highest BCUT2D eigenvalue weighted by molar-refractivity contribution is 6.24. The van der Waals surface area contributed by atoms with Crippen LogP contribution in [0, 0.1) is 11.6 Å². The van der Waals surface area contributed by atoms with E-state index in [1.54, 1.807) is 0 Å². The first-order valence-electron chi connectivity index (χ1n) is 16.5. The van der Waals surface area contributed by atoms with Crippen LogP contribution in [0.15, 0.2) is 60.0 Å². The van der Waals surface area contributed by atoms with Crippen LogP contribution in [0.4, 0.5) is 40.8 Å². The van der Waals surface area contributed by atoms with Gasteiger partial charge in [-0.3, -0.25) is 24.5 Å². The van der Waals surface area contributed by atoms with Crippen LogP contribution in [0.5, 0.6) is 5.75 Å². The summed E-state index contributed by atoms with van der Waals surface area (Å²) in [4.78, 5) is 33.1. The van der Waals surface area contributed by atoms with Gasteiger partial charge in [0.25, 0.3) is 11.8 Å². The summed E-state index contributed by atoms with van der Waals surface area (Å²) in [5.74, 6) is -5.97. The van der Waals surface area contributed by atoms with Crippen LogP contribution in [0.25, 0.3) is 11.1 Å². The summed E-state index contributed by atoms with van der Waals surface area (Å²) in [6.07, 6.45) is -8.37. The molecule has 2 amide bonds. The third-order valence-corrected chi connectivity index (χ3v) is 9.49. The predicted octanol–water partition coefficient (Wildman–Crippen LogP) is 6.76. The molecule has 0 saturated carbocycles. The van der Waals surface area contributed by atoms with Crippen molar-refractivity contribution in [2.45, 2.75) is 44.2 Å². The van der Waals surface area contributed by atoms with Gasteiger partial charge in [-0.25, -0.2) is 9.40 Å². The number of rotatable bonds is 9. The molecule has 0 spiro atoms. The third kappa shape index (κ3) is 8.11. The maximum absolute atomic E-state index is 15.5. The summed E-state index contributed by atoms with van der Waals surface area (Å²) in [5.41, 5.74) is -5.90. The number of anilines is 1. The summed E-state index contributed by atoms with van der Waals surface area (Å²) >= 11 is 0. The lowest BCUT2D eigenvalue weighted by Gasteiger charge is -2.46. The first-order valence-corrected chi connectivity index (χ1v) is 16.5. The number of halogens is 9. The molecule has 0 aliphatic carbocycles. The van der Waals surface area contributed by atoms with E-state index in [-0.39, 0.29) is 60.1 Å². The van der Waals surface area contributed by atoms with E-state index in [4.69, 9.17) is 9.47 Å². The molecule has 54 heavy (non-hydrogen) atoms. The third-order valence-electron chi connectivity index (χ3n) is 9.49. The van der Waals surface area contributed by atoms with E-state index < -0.39 is 70.5 Å². The summed E-state index contributed by atoms with van der Waals surface area (Å²) in [7, 11) is 0. The molecule has 6 rings (SSSR count). The van der Waals surface area contributed by atoms with Gasteiger partial charge in [0.1, 0.15) is 23.6 Å². The van der Waals surface area contributed by atoms with Crippen LogP contribution < -0.4 is 10.1 Å². The highest BCUT2D eigenvalue weighted by atomic mass is 35.5. The second kappa shape index (κ2) is 15.7. The minimum Gasteiger partial charge on any atom is -0.509 e. The normalized spacial score (nSPS) is 19.8. The molecule has 3 aromatic rings. The average molecular weight is 792 g/mol. The molecule has 2 fully saturated rings. The first-order chi connectivity index (χ1) is 25.0. The minimum absolute atomic E-state index is 0. The van der Waals surface area contributed by atoms with Crippen molar-refractivity contribution >= 4 is 29.9 Å². The molecule has 292 valence electrons. The number of ether oxygens (including phenoxy) is 2. The van der Waals surface area contributed by atoms with Crippen molar-refractivity contribution in [3.8, 4) is 16.9 Å². The number of hydrogen-bond acceptors (Lipinski definition) is 8. The molecule has 2 N–H and O–H groups in total. The van der Waals surface area contributed by atoms with Gasteiger partial charge in [-0.15, -0.1) is 12.4 Å². The Labute approximate surface area is 309 Å². The molecule has 0 bridgehead atoms. The van der Waals surface area contributed by atoms with Gasteiger partial charge < -0.3 is 19.9 Å². The fraction of sp³-hybridized carbons (Fsp3) is 0.400. The Balaban J connectivity index is 0.00000561. The number of benzene rings is 2. The Morgan fingerprint density at radius 3 is 2.37 bits per heavy atom. The van der Waals surface area contributed by atoms with E-state index in [9.17, 15) is 41.0 Å². The maximum Gasteiger partial charge on any atom is 0.433 e. The zero-order valence-corrected chi connectivity index (χ0v) is 29.3. The van der Waals surface area contributed by atoms with Gasteiger partial charge in [0.2, 0.25) is 5.82 Å². The lowest BCUT2D eigenvalue weighted by molar-refractivity contribution is -0.160. The van der Waals surface area contributed by atoms with Gasteiger partial charge in [-0.05, 0) is 50.1 Å². The number of fused-ring (bicyclic) bond motifs is 1. The monoisotopic (exact) mass is 791 g/mol. The maximum atomic E-state index is 15.5. The van der Waals surface area contributed by atoms with E-state index in [0.717, 1.165) is 17.1 Å². The Kier molecular flexibility index (Phi) is 11.8. The SMILES string of the molecule is C[C@]12CCCN1N(Cc1ccc(OCCN3CCOCC3)c(F)c1F)C(=O)C(C(=O)Nc1ccc(C(F)(F)F)cc1-c1ccc(C(F)(F)F)nc1)=C2O.Cl. The molecule has 2 aromatic carbocycles. The van der Waals surface area contributed by atoms with Gasteiger partial charge in [0.05, 0.1) is 30.9 Å². The van der Waals surface area contributed by atoms with Crippen LogP contribution in [-0.2, 0) is 33.2 Å². The number of carbonyl (C=O) groups excluding carboxylic acids is 2. The van der Waals surface area contributed by atoms with Crippen molar-refractivity contribution < 1.29 is 59.3 Å². The molecule has 4 heterocycles. The Morgan fingerprint density at radius 2 is 1.72 bits per heavy atom. The number of pyridine rings is 1. The number of nitrogens with zero attached hydrogens (tertiary/aromatic N) is 4. The van der Waals surface area contributed by atoms with Crippen molar-refractivity contribution in [1.82, 2.24) is 19.9 Å². The molecule has 1 atom stereocenters. The largest absolute Gasteiger partial charge is 0.509 e. The molecule has 19 heteroatoms. The zero-order chi connectivity index (χ0) is 38.3. The predicted molar refractivity (Wildman–Crippen MR) is 179 cm³/mol. The van der Waals surface area contributed by atoms with Gasteiger partial charge in [-0.1, -0.05) is 12.1 Å². The van der Waals surface area contributed by atoms with E-state index in [1.807, 2.05) is 4.90 Å². The molecule has 1 aromatic heterocycles. The standard InChI is InChI=1S/C35H33F8N5O5.ClH/c1-33-9-2-10-48(33)47(19-21-3-7-25(29(37)28(21)36)53-16-13-46-11-14-52-15-12-46)32(51)27(30(33)49)31(50)45-24-6-5-22(34(38,39)40)17-23(24)20-4-8-26(44-18-20)35(41,42)43;/h3-8,17-18,49H,2,9-16,19H2,1H3,(H,45,50);1H/t33-;/m1./s1. The van der Waals surface area contributed by atoms with Gasteiger partial charge in [0.15, 0.2) is 11.6 Å². The van der Waals surface area contributed by atoms with Crippen LogP contribution in [0.2, 0.25) is 0 Å². The molecule has 3 aliphatic rings. The van der Waals surface area contributed by atoms with Gasteiger partial charge in [-0.2, -0.15) is 30.7 Å². The summed E-state index contributed by atoms with van der Waals surface area (Å²) < 4.78 is 122. The van der Waals surface area contributed by atoms with Crippen LogP contribution in [0.3, 0.4) is 0 Å². The van der Waals surface area contributed by atoms with Crippen LogP contribution in [0.1, 0.15) is 36.6 Å². The second-order valence-corrected chi connectivity index (χ2v) is 12.9. The highest BCUT2D eigenvalue weighted by Gasteiger charge is 2.53. The smallest absolute Gasteiger partial charge is 0.433 e. The van der Waals surface area contributed by atoms with Crippen LogP contribution in [-0.4, -0.2) is 88.4 Å². The Hall–Kier alpha value is -4.52. The van der Waals surface area contributed by atoms with Crippen LogP contribution >= 0.6 is 12.4 Å². The fourth-order valence-electron chi connectivity index (χ4n) is 6.60. The molecule has 10 nitrogen and oxygen atoms in total. The summed E-state index contributed by atoms with van der Waals surface area (Å²) in [6, 6.07) is 5.93. The average Bonchev–Trinajstić information content (AvgIpc) is 3.52. The molecule has 2 saturated heterocycles. The van der Waals surface area contributed by atoms with E-state index in [1.165, 1.54) is 24.1 Å². The lowest BCUT2D eigenvalue weighted by atomic mass is 9.90. The number of amides is 2. The molecular weight excluding hydrogens is 758 g/mol. The van der Waals surface area contributed by atoms with E-state index in [0.29, 0.717) is 63.7 Å². The quantitative estimate of drug-likeness (QED) is 0.181. The van der Waals surface area contributed by atoms with Gasteiger partial charge in [0, 0.05) is 54.8 Å². The number of hydrogen-bond donors (Lipinski definition) is 2. The number of morpholine rings is 1. The number of nitrogens with one attached hydrogen (secondary N) is 1. The number of aliphatic hydroxyl groups excluding tert-OH is 1. The number of aromatic nitrogens is 1. The van der Waals surface area contributed by atoms with Crippen molar-refractivity contribution in [2.75, 3.05) is 51.3 Å². The Bertz CT molecular complexity index is 1920. The van der Waals surface area contributed by atoms with E-state index in [2.05, 4.69) is 10.3 Å². The van der Waals surface area contributed by atoms with Crippen molar-refractivity contribution in [1.29, 1.82) is 0 Å². The highest BCUT2D eigenvalue weighted by Crippen LogP contribution is 2.43. The zero-order valence-electron chi connectivity index (χ0n) is 28.5. The van der Waals surface area contributed by atoms with Gasteiger partial charge >= 0.3 is 12.4 Å². The second-order valence-electron chi connectivity index (χ2n) is 12.9. The minimum atomic E-state index is -4.88. The topological polar surface area (TPSA) is 107 Å².